The molecule has 0 saturated heterocycles. The lowest BCUT2D eigenvalue weighted by atomic mass is 10.1. The molecule has 9 heteroatoms. The maximum absolute atomic E-state index is 12.5. The standard InChI is InChI=1S/C18H17N5O3S/c1-12(13-6-4-3-5-7-13)20-17(24)14-8-9-16(15(10-14)23(25)26)27-18-21-19-11-22(18)2/h3-12H,1-2H3,(H,20,24)/t12-/m0/s1. The van der Waals surface area contributed by atoms with E-state index in [2.05, 4.69) is 15.5 Å². The summed E-state index contributed by atoms with van der Waals surface area (Å²) in [4.78, 5) is 23.9. The van der Waals surface area contributed by atoms with Crippen LogP contribution in [0.25, 0.3) is 0 Å². The number of hydrogen-bond acceptors (Lipinski definition) is 6. The van der Waals surface area contributed by atoms with Crippen LogP contribution in [0.15, 0.2) is 64.9 Å². The van der Waals surface area contributed by atoms with Gasteiger partial charge in [0.2, 0.25) is 0 Å². The summed E-state index contributed by atoms with van der Waals surface area (Å²) in [7, 11) is 1.75. The number of carbonyl (C=O) groups excluding carboxylic acids is 1. The van der Waals surface area contributed by atoms with Crippen LogP contribution in [0.1, 0.15) is 28.9 Å². The van der Waals surface area contributed by atoms with Gasteiger partial charge in [-0.3, -0.25) is 14.9 Å². The summed E-state index contributed by atoms with van der Waals surface area (Å²) in [5.74, 6) is -0.371. The quantitative estimate of drug-likeness (QED) is 0.517. The second-order valence-electron chi connectivity index (χ2n) is 5.87. The van der Waals surface area contributed by atoms with E-state index in [9.17, 15) is 14.9 Å². The molecule has 0 aliphatic rings. The number of rotatable bonds is 6. The van der Waals surface area contributed by atoms with Crippen molar-refractivity contribution >= 4 is 23.4 Å². The summed E-state index contributed by atoms with van der Waals surface area (Å²) >= 11 is 1.12. The Morgan fingerprint density at radius 2 is 2.00 bits per heavy atom. The third kappa shape index (κ3) is 4.32. The van der Waals surface area contributed by atoms with E-state index < -0.39 is 4.92 Å². The van der Waals surface area contributed by atoms with Crippen molar-refractivity contribution in [2.75, 3.05) is 0 Å². The number of benzene rings is 2. The average molecular weight is 383 g/mol. The molecule has 1 N–H and O–H groups in total. The van der Waals surface area contributed by atoms with Crippen molar-refractivity contribution in [1.29, 1.82) is 0 Å². The molecule has 0 spiro atoms. The Balaban J connectivity index is 1.82. The number of aryl methyl sites for hydroxylation is 1. The van der Waals surface area contributed by atoms with Gasteiger partial charge in [-0.1, -0.05) is 30.3 Å². The first-order valence-electron chi connectivity index (χ1n) is 8.12. The van der Waals surface area contributed by atoms with E-state index in [4.69, 9.17) is 0 Å². The van der Waals surface area contributed by atoms with Gasteiger partial charge in [-0.2, -0.15) is 0 Å². The Hall–Kier alpha value is -3.20. The molecule has 3 aromatic rings. The minimum absolute atomic E-state index is 0.150. The van der Waals surface area contributed by atoms with Crippen LogP contribution in [-0.2, 0) is 7.05 Å². The van der Waals surface area contributed by atoms with Crippen molar-refractivity contribution in [2.45, 2.75) is 23.0 Å². The molecule has 0 saturated carbocycles. The Morgan fingerprint density at radius 1 is 1.26 bits per heavy atom. The molecule has 0 fully saturated rings. The van der Waals surface area contributed by atoms with Crippen LogP contribution in [0.5, 0.6) is 0 Å². The molecule has 2 aromatic carbocycles. The lowest BCUT2D eigenvalue weighted by Crippen LogP contribution is -2.26. The molecule has 0 bridgehead atoms. The van der Waals surface area contributed by atoms with Crippen molar-refractivity contribution in [1.82, 2.24) is 20.1 Å². The summed E-state index contributed by atoms with van der Waals surface area (Å²) in [6, 6.07) is 13.7. The molecule has 0 unspecified atom stereocenters. The van der Waals surface area contributed by atoms with Gasteiger partial charge in [0.15, 0.2) is 5.16 Å². The number of aromatic nitrogens is 3. The van der Waals surface area contributed by atoms with Crippen LogP contribution >= 0.6 is 11.8 Å². The van der Waals surface area contributed by atoms with Crippen molar-refractivity contribution in [3.05, 3.63) is 76.1 Å². The maximum Gasteiger partial charge on any atom is 0.284 e. The lowest BCUT2D eigenvalue weighted by Gasteiger charge is -2.14. The normalized spacial score (nSPS) is 11.8. The van der Waals surface area contributed by atoms with E-state index >= 15 is 0 Å². The molecule has 1 aromatic heterocycles. The highest BCUT2D eigenvalue weighted by Crippen LogP contribution is 2.34. The smallest absolute Gasteiger partial charge is 0.284 e. The molecule has 0 aliphatic heterocycles. The molecule has 1 atom stereocenters. The highest BCUT2D eigenvalue weighted by Gasteiger charge is 2.21. The Bertz CT molecular complexity index is 974. The fraction of sp³-hybridized carbons (Fsp3) is 0.167. The topological polar surface area (TPSA) is 103 Å². The van der Waals surface area contributed by atoms with Crippen molar-refractivity contribution in [3.8, 4) is 0 Å². The van der Waals surface area contributed by atoms with Crippen molar-refractivity contribution in [3.63, 3.8) is 0 Å². The molecule has 1 amide bonds. The largest absolute Gasteiger partial charge is 0.346 e. The van der Waals surface area contributed by atoms with Gasteiger partial charge in [0.25, 0.3) is 11.6 Å². The number of carbonyl (C=O) groups is 1. The minimum atomic E-state index is -0.504. The molecule has 27 heavy (non-hydrogen) atoms. The van der Waals surface area contributed by atoms with Crippen LogP contribution in [0, 0.1) is 10.1 Å². The number of nitrogens with one attached hydrogen (secondary N) is 1. The van der Waals surface area contributed by atoms with Gasteiger partial charge in [0.05, 0.1) is 15.9 Å². The molecule has 0 aliphatic carbocycles. The SMILES string of the molecule is C[C@H](NC(=O)c1ccc(Sc2nncn2C)c([N+](=O)[O-])c1)c1ccccc1. The molecular formula is C18H17N5O3S. The van der Waals surface area contributed by atoms with E-state index in [1.165, 1.54) is 12.4 Å². The molecular weight excluding hydrogens is 366 g/mol. The van der Waals surface area contributed by atoms with Gasteiger partial charge < -0.3 is 9.88 Å². The fourth-order valence-corrected chi connectivity index (χ4v) is 3.31. The second kappa shape index (κ2) is 8.00. The zero-order valence-electron chi connectivity index (χ0n) is 14.7. The van der Waals surface area contributed by atoms with Gasteiger partial charge in [-0.25, -0.2) is 0 Å². The highest BCUT2D eigenvalue weighted by molar-refractivity contribution is 7.99. The van der Waals surface area contributed by atoms with Crippen LogP contribution in [0.3, 0.4) is 0 Å². The lowest BCUT2D eigenvalue weighted by molar-refractivity contribution is -0.387. The first kappa shape index (κ1) is 18.6. The third-order valence-electron chi connectivity index (χ3n) is 3.94. The average Bonchev–Trinajstić information content (AvgIpc) is 3.07. The number of nitrogens with zero attached hydrogens (tertiary/aromatic N) is 4. The van der Waals surface area contributed by atoms with Crippen molar-refractivity contribution < 1.29 is 9.72 Å². The molecule has 0 radical (unpaired) electrons. The van der Waals surface area contributed by atoms with E-state index in [-0.39, 0.29) is 23.2 Å². The first-order valence-corrected chi connectivity index (χ1v) is 8.93. The summed E-state index contributed by atoms with van der Waals surface area (Å²) in [5, 5.41) is 22.5. The summed E-state index contributed by atoms with van der Waals surface area (Å²) in [5.41, 5.74) is 1.03. The summed E-state index contributed by atoms with van der Waals surface area (Å²) < 4.78 is 1.66. The second-order valence-corrected chi connectivity index (χ2v) is 6.88. The van der Waals surface area contributed by atoms with Crippen LogP contribution < -0.4 is 5.32 Å². The monoisotopic (exact) mass is 383 g/mol. The third-order valence-corrected chi connectivity index (χ3v) is 5.05. The maximum atomic E-state index is 12.5. The van der Waals surface area contributed by atoms with Crippen LogP contribution in [0.4, 0.5) is 5.69 Å². The highest BCUT2D eigenvalue weighted by atomic mass is 32.2. The predicted octanol–water partition coefficient (Wildman–Crippen LogP) is 3.37. The van der Waals surface area contributed by atoms with Crippen molar-refractivity contribution in [2.24, 2.45) is 7.05 Å². The van der Waals surface area contributed by atoms with Gasteiger partial charge in [-0.05, 0) is 36.4 Å². The van der Waals surface area contributed by atoms with Crippen LogP contribution in [-0.4, -0.2) is 25.6 Å². The number of nitro groups is 1. The Labute approximate surface area is 159 Å². The Kier molecular flexibility index (Phi) is 5.51. The van der Waals surface area contributed by atoms with Crippen LogP contribution in [0.2, 0.25) is 0 Å². The molecule has 138 valence electrons. The molecule has 1 heterocycles. The van der Waals surface area contributed by atoms with Gasteiger partial charge in [0, 0.05) is 18.7 Å². The van der Waals surface area contributed by atoms with Gasteiger partial charge in [0.1, 0.15) is 6.33 Å². The van der Waals surface area contributed by atoms with Gasteiger partial charge >= 0.3 is 0 Å². The van der Waals surface area contributed by atoms with Gasteiger partial charge in [-0.15, -0.1) is 10.2 Å². The van der Waals surface area contributed by atoms with E-state index in [0.29, 0.717) is 10.1 Å². The molecule has 3 rings (SSSR count). The number of hydrogen-bond donors (Lipinski definition) is 1. The first-order chi connectivity index (χ1) is 13.0. The predicted molar refractivity (Wildman–Crippen MR) is 101 cm³/mol. The van der Waals surface area contributed by atoms with E-state index in [1.54, 1.807) is 23.7 Å². The number of nitro benzene ring substituents is 1. The zero-order valence-corrected chi connectivity index (χ0v) is 15.5. The van der Waals surface area contributed by atoms with E-state index in [1.807, 2.05) is 37.3 Å². The summed E-state index contributed by atoms with van der Waals surface area (Å²) in [6.07, 6.45) is 1.51. The zero-order chi connectivity index (χ0) is 19.4. The summed E-state index contributed by atoms with van der Waals surface area (Å²) in [6.45, 7) is 1.86. The minimum Gasteiger partial charge on any atom is -0.346 e. The van der Waals surface area contributed by atoms with E-state index in [0.717, 1.165) is 17.3 Å². The Morgan fingerprint density at radius 3 is 2.63 bits per heavy atom. The fourth-order valence-electron chi connectivity index (χ4n) is 2.46. The number of amides is 1. The molecule has 8 nitrogen and oxygen atoms in total.